The summed E-state index contributed by atoms with van der Waals surface area (Å²) in [7, 11) is 5.24. The predicted octanol–water partition coefficient (Wildman–Crippen LogP) is 3.28. The highest BCUT2D eigenvalue weighted by Gasteiger charge is 2.37. The highest BCUT2D eigenvalue weighted by Crippen LogP contribution is 2.36. The normalized spacial score (nSPS) is 20.5. The summed E-state index contributed by atoms with van der Waals surface area (Å²) in [6.45, 7) is 2.67. The largest absolute Gasteiger partial charge is 0.474 e. The second kappa shape index (κ2) is 7.76. The highest BCUT2D eigenvalue weighted by molar-refractivity contribution is 6.30. The maximum absolute atomic E-state index is 12.0. The summed E-state index contributed by atoms with van der Waals surface area (Å²) < 4.78 is 11.3. The monoisotopic (exact) mass is 377 g/mol. The molecule has 2 heterocycles. The Hall–Kier alpha value is -1.92. The number of halogens is 1. The van der Waals surface area contributed by atoms with Crippen LogP contribution in [0.4, 0.5) is 0 Å². The molecule has 140 valence electrons. The van der Waals surface area contributed by atoms with Gasteiger partial charge in [-0.05, 0) is 29.9 Å². The van der Waals surface area contributed by atoms with E-state index in [9.17, 15) is 4.79 Å². The predicted molar refractivity (Wildman–Crippen MR) is 101 cm³/mol. The van der Waals surface area contributed by atoms with Crippen molar-refractivity contribution in [2.24, 2.45) is 5.92 Å². The first-order valence-electron chi connectivity index (χ1n) is 8.71. The van der Waals surface area contributed by atoms with Gasteiger partial charge in [-0.25, -0.2) is 9.97 Å². The molecule has 0 N–H and O–H groups in total. The molecule has 2 aromatic rings. The van der Waals surface area contributed by atoms with Gasteiger partial charge < -0.3 is 14.4 Å². The molecule has 6 nitrogen and oxygen atoms in total. The zero-order chi connectivity index (χ0) is 18.8. The van der Waals surface area contributed by atoms with E-state index in [2.05, 4.69) is 16.9 Å². The number of ether oxygens (including phenoxy) is 2. The Bertz CT molecular complexity index is 806. The van der Waals surface area contributed by atoms with Crippen LogP contribution in [0.2, 0.25) is 5.15 Å². The van der Waals surface area contributed by atoms with E-state index in [1.54, 1.807) is 32.3 Å². The van der Waals surface area contributed by atoms with E-state index in [0.717, 1.165) is 16.3 Å². The fourth-order valence-electron chi connectivity index (χ4n) is 3.32. The van der Waals surface area contributed by atoms with Gasteiger partial charge in [-0.2, -0.15) is 0 Å². The molecule has 1 amide bonds. The van der Waals surface area contributed by atoms with Gasteiger partial charge in [0.05, 0.1) is 12.0 Å². The van der Waals surface area contributed by atoms with E-state index < -0.39 is 0 Å². The fraction of sp³-hybridized carbons (Fsp3) is 0.526. The Morgan fingerprint density at radius 2 is 2.04 bits per heavy atom. The van der Waals surface area contributed by atoms with E-state index in [4.69, 9.17) is 21.1 Å². The zero-order valence-electron chi connectivity index (χ0n) is 15.5. The van der Waals surface area contributed by atoms with Crippen LogP contribution in [0.1, 0.15) is 31.2 Å². The van der Waals surface area contributed by atoms with Gasteiger partial charge in [-0.1, -0.05) is 18.5 Å². The number of carbonyl (C=O) groups is 1. The minimum atomic E-state index is -0.00229. The van der Waals surface area contributed by atoms with Gasteiger partial charge in [0.25, 0.3) is 0 Å². The van der Waals surface area contributed by atoms with Crippen LogP contribution in [0.25, 0.3) is 10.8 Å². The van der Waals surface area contributed by atoms with E-state index >= 15 is 0 Å². The lowest BCUT2D eigenvalue weighted by molar-refractivity contribution is -0.138. The van der Waals surface area contributed by atoms with E-state index in [-0.39, 0.29) is 23.8 Å². The SMILES string of the molecule is COC[C@H](C)c1cnc(O[C@H]2C[C@H](C(=O)N(C)C)C2)c2cnc(Cl)cc12. The Kier molecular flexibility index (Phi) is 5.63. The van der Waals surface area contributed by atoms with Gasteiger partial charge in [-0.3, -0.25) is 4.79 Å². The Labute approximate surface area is 158 Å². The third kappa shape index (κ3) is 3.76. The fourth-order valence-corrected chi connectivity index (χ4v) is 3.48. The van der Waals surface area contributed by atoms with Gasteiger partial charge in [0.1, 0.15) is 11.3 Å². The minimum absolute atomic E-state index is 0.00229. The number of hydrogen-bond donors (Lipinski definition) is 0. The van der Waals surface area contributed by atoms with Crippen molar-refractivity contribution in [2.75, 3.05) is 27.8 Å². The summed E-state index contributed by atoms with van der Waals surface area (Å²) in [4.78, 5) is 22.3. The van der Waals surface area contributed by atoms with Crippen molar-refractivity contribution in [1.29, 1.82) is 0 Å². The Morgan fingerprint density at radius 3 is 2.69 bits per heavy atom. The summed E-state index contributed by atoms with van der Waals surface area (Å²) in [5.41, 5.74) is 1.05. The van der Waals surface area contributed by atoms with Crippen LogP contribution in [-0.4, -0.2) is 54.7 Å². The Balaban J connectivity index is 1.82. The number of nitrogens with zero attached hydrogens (tertiary/aromatic N) is 3. The first-order valence-corrected chi connectivity index (χ1v) is 9.09. The molecule has 1 fully saturated rings. The molecule has 26 heavy (non-hydrogen) atoms. The number of fused-ring (bicyclic) bond motifs is 1. The van der Waals surface area contributed by atoms with Crippen molar-refractivity contribution in [1.82, 2.24) is 14.9 Å². The van der Waals surface area contributed by atoms with Crippen LogP contribution in [0.5, 0.6) is 5.88 Å². The molecule has 1 aliphatic carbocycles. The quantitative estimate of drug-likeness (QED) is 0.723. The summed E-state index contributed by atoms with van der Waals surface area (Å²) in [6, 6.07) is 1.84. The number of hydrogen-bond acceptors (Lipinski definition) is 5. The maximum atomic E-state index is 12.0. The van der Waals surface area contributed by atoms with E-state index in [1.807, 2.05) is 12.3 Å². The lowest BCUT2D eigenvalue weighted by Crippen LogP contribution is -2.43. The molecular formula is C19H24ClN3O3. The van der Waals surface area contributed by atoms with Crippen molar-refractivity contribution < 1.29 is 14.3 Å². The molecule has 2 aromatic heterocycles. The lowest BCUT2D eigenvalue weighted by atomic mass is 9.81. The molecular weight excluding hydrogens is 354 g/mol. The van der Waals surface area contributed by atoms with E-state index in [1.165, 1.54) is 0 Å². The molecule has 1 aliphatic rings. The summed E-state index contributed by atoms with van der Waals surface area (Å²) in [5, 5.41) is 2.23. The number of carbonyl (C=O) groups excluding carboxylic acids is 1. The minimum Gasteiger partial charge on any atom is -0.474 e. The average Bonchev–Trinajstić information content (AvgIpc) is 2.56. The average molecular weight is 378 g/mol. The van der Waals surface area contributed by atoms with Crippen LogP contribution >= 0.6 is 11.6 Å². The topological polar surface area (TPSA) is 64.6 Å². The third-order valence-corrected chi connectivity index (χ3v) is 5.05. The maximum Gasteiger partial charge on any atom is 0.225 e. The summed E-state index contributed by atoms with van der Waals surface area (Å²) in [6.07, 6.45) is 4.94. The number of pyridine rings is 2. The number of amides is 1. The standard InChI is InChI=1S/C19H24ClN3O3/c1-11(10-25-4)15-8-22-18(16-9-21-17(20)7-14(15)16)26-13-5-12(6-13)19(24)23(2)3/h7-9,11-13H,5-6,10H2,1-4H3/t11-,12-,13-/m0/s1. The van der Waals surface area contributed by atoms with Gasteiger partial charge in [0, 0.05) is 45.4 Å². The summed E-state index contributed by atoms with van der Waals surface area (Å²) in [5.74, 6) is 0.904. The molecule has 0 saturated heterocycles. The van der Waals surface area contributed by atoms with Gasteiger partial charge in [-0.15, -0.1) is 0 Å². The Morgan fingerprint density at radius 1 is 1.31 bits per heavy atom. The molecule has 0 aromatic carbocycles. The van der Waals surface area contributed by atoms with Gasteiger partial charge >= 0.3 is 0 Å². The zero-order valence-corrected chi connectivity index (χ0v) is 16.3. The molecule has 0 spiro atoms. The molecule has 1 atom stereocenters. The molecule has 0 bridgehead atoms. The van der Waals surface area contributed by atoms with Crippen molar-refractivity contribution >= 4 is 28.3 Å². The smallest absolute Gasteiger partial charge is 0.225 e. The molecule has 1 saturated carbocycles. The van der Waals surface area contributed by atoms with Crippen molar-refractivity contribution in [2.45, 2.75) is 31.8 Å². The van der Waals surface area contributed by atoms with Crippen LogP contribution in [-0.2, 0) is 9.53 Å². The second-order valence-corrected chi connectivity index (χ2v) is 7.46. The van der Waals surface area contributed by atoms with Gasteiger partial charge in [0.15, 0.2) is 0 Å². The number of rotatable bonds is 6. The first-order chi connectivity index (χ1) is 12.4. The molecule has 0 aliphatic heterocycles. The van der Waals surface area contributed by atoms with Crippen molar-refractivity contribution in [3.63, 3.8) is 0 Å². The summed E-state index contributed by atoms with van der Waals surface area (Å²) >= 11 is 6.11. The van der Waals surface area contributed by atoms with E-state index in [0.29, 0.717) is 30.5 Å². The molecule has 3 rings (SSSR count). The number of methoxy groups -OCH3 is 1. The van der Waals surface area contributed by atoms with Crippen LogP contribution in [0.15, 0.2) is 18.5 Å². The highest BCUT2D eigenvalue weighted by atomic mass is 35.5. The first kappa shape index (κ1) is 18.9. The van der Waals surface area contributed by atoms with Crippen molar-refractivity contribution in [3.8, 4) is 5.88 Å². The van der Waals surface area contributed by atoms with Crippen molar-refractivity contribution in [3.05, 3.63) is 29.2 Å². The van der Waals surface area contributed by atoms with Crippen LogP contribution in [0.3, 0.4) is 0 Å². The number of aromatic nitrogens is 2. The van der Waals surface area contributed by atoms with Crippen LogP contribution in [0, 0.1) is 5.92 Å². The van der Waals surface area contributed by atoms with Gasteiger partial charge in [0.2, 0.25) is 11.8 Å². The lowest BCUT2D eigenvalue weighted by Gasteiger charge is -2.35. The second-order valence-electron chi connectivity index (χ2n) is 7.07. The molecule has 7 heteroatoms. The molecule has 0 unspecified atom stereocenters. The molecule has 0 radical (unpaired) electrons. The third-order valence-electron chi connectivity index (χ3n) is 4.84. The van der Waals surface area contributed by atoms with Crippen LogP contribution < -0.4 is 4.74 Å².